The second-order valence-corrected chi connectivity index (χ2v) is 5.34. The van der Waals surface area contributed by atoms with Gasteiger partial charge < -0.3 is 11.1 Å². The van der Waals surface area contributed by atoms with Crippen LogP contribution in [0.15, 0.2) is 42.5 Å². The quantitative estimate of drug-likeness (QED) is 0.886. The van der Waals surface area contributed by atoms with Crippen LogP contribution in [0.5, 0.6) is 0 Å². The summed E-state index contributed by atoms with van der Waals surface area (Å²) in [5.41, 5.74) is 8.00. The van der Waals surface area contributed by atoms with E-state index in [1.54, 1.807) is 6.07 Å². The van der Waals surface area contributed by atoms with E-state index in [2.05, 4.69) is 5.32 Å². The van der Waals surface area contributed by atoms with Gasteiger partial charge in [-0.2, -0.15) is 0 Å². The van der Waals surface area contributed by atoms with E-state index in [-0.39, 0.29) is 12.3 Å². The summed E-state index contributed by atoms with van der Waals surface area (Å²) in [6, 6.07) is 13.0. The fourth-order valence-electron chi connectivity index (χ4n) is 1.86. The van der Waals surface area contributed by atoms with Gasteiger partial charge in [0.05, 0.1) is 6.42 Å². The second kappa shape index (κ2) is 6.64. The smallest absolute Gasteiger partial charge is 0.221 e. The Balaban J connectivity index is 1.98. The molecule has 104 valence electrons. The highest BCUT2D eigenvalue weighted by Crippen LogP contribution is 2.20. The summed E-state index contributed by atoms with van der Waals surface area (Å²) in [7, 11) is 0. The van der Waals surface area contributed by atoms with Crippen LogP contribution in [-0.2, 0) is 17.8 Å². The van der Waals surface area contributed by atoms with Crippen molar-refractivity contribution in [3.8, 4) is 0 Å². The Kier molecular flexibility index (Phi) is 4.88. The number of rotatable bonds is 5. The summed E-state index contributed by atoms with van der Waals surface area (Å²) in [6.45, 7) is 0.620. The predicted octanol–water partition coefficient (Wildman–Crippen LogP) is 3.63. The molecule has 0 saturated heterocycles. The van der Waals surface area contributed by atoms with Crippen LogP contribution in [0.2, 0.25) is 10.0 Å². The molecule has 0 atom stereocenters. The van der Waals surface area contributed by atoms with Gasteiger partial charge in [-0.05, 0) is 41.5 Å². The maximum atomic E-state index is 10.8. The molecule has 0 heterocycles. The lowest BCUT2D eigenvalue weighted by Gasteiger charge is -2.08. The molecule has 1 amide bonds. The molecular formula is C15H14Cl2N2O. The van der Waals surface area contributed by atoms with Crippen LogP contribution in [0.25, 0.3) is 0 Å². The summed E-state index contributed by atoms with van der Waals surface area (Å²) >= 11 is 11.9. The molecular weight excluding hydrogens is 295 g/mol. The molecule has 0 aliphatic heterocycles. The zero-order valence-electron chi connectivity index (χ0n) is 10.7. The Morgan fingerprint density at radius 3 is 2.15 bits per heavy atom. The molecule has 0 radical (unpaired) electrons. The van der Waals surface area contributed by atoms with E-state index < -0.39 is 0 Å². The van der Waals surface area contributed by atoms with Crippen LogP contribution in [0.1, 0.15) is 11.1 Å². The van der Waals surface area contributed by atoms with Crippen LogP contribution in [0.4, 0.5) is 5.69 Å². The van der Waals surface area contributed by atoms with Gasteiger partial charge in [-0.3, -0.25) is 4.79 Å². The van der Waals surface area contributed by atoms with E-state index in [4.69, 9.17) is 28.9 Å². The Hall–Kier alpha value is -1.71. The van der Waals surface area contributed by atoms with Crippen molar-refractivity contribution < 1.29 is 4.79 Å². The minimum absolute atomic E-state index is 0.254. The number of nitrogens with one attached hydrogen (secondary N) is 1. The van der Waals surface area contributed by atoms with Gasteiger partial charge in [-0.25, -0.2) is 0 Å². The number of halogens is 2. The first kappa shape index (κ1) is 14.7. The number of carbonyl (C=O) groups is 1. The molecule has 20 heavy (non-hydrogen) atoms. The van der Waals surface area contributed by atoms with Crippen molar-refractivity contribution in [1.29, 1.82) is 0 Å². The lowest BCUT2D eigenvalue weighted by atomic mass is 10.1. The number of primary amides is 1. The van der Waals surface area contributed by atoms with Gasteiger partial charge >= 0.3 is 0 Å². The summed E-state index contributed by atoms with van der Waals surface area (Å²) < 4.78 is 0. The molecule has 0 saturated carbocycles. The number of anilines is 1. The van der Waals surface area contributed by atoms with E-state index in [0.717, 1.165) is 16.8 Å². The molecule has 0 unspecified atom stereocenters. The van der Waals surface area contributed by atoms with Crippen LogP contribution >= 0.6 is 23.2 Å². The average Bonchev–Trinajstić information content (AvgIpc) is 2.36. The van der Waals surface area contributed by atoms with E-state index >= 15 is 0 Å². The SMILES string of the molecule is NC(=O)Cc1ccc(NCc2cc(Cl)cc(Cl)c2)cc1. The van der Waals surface area contributed by atoms with Crippen molar-refractivity contribution in [1.82, 2.24) is 0 Å². The maximum Gasteiger partial charge on any atom is 0.221 e. The van der Waals surface area contributed by atoms with E-state index in [1.165, 1.54) is 0 Å². The molecule has 0 bridgehead atoms. The van der Waals surface area contributed by atoms with Gasteiger partial charge in [0.25, 0.3) is 0 Å². The fraction of sp³-hybridized carbons (Fsp3) is 0.133. The minimum Gasteiger partial charge on any atom is -0.381 e. The van der Waals surface area contributed by atoms with Crippen molar-refractivity contribution in [3.05, 3.63) is 63.6 Å². The third-order valence-corrected chi connectivity index (χ3v) is 3.19. The third-order valence-electron chi connectivity index (χ3n) is 2.75. The van der Waals surface area contributed by atoms with Gasteiger partial charge in [-0.1, -0.05) is 35.3 Å². The zero-order chi connectivity index (χ0) is 14.5. The third kappa shape index (κ3) is 4.44. The number of hydrogen-bond acceptors (Lipinski definition) is 2. The standard InChI is InChI=1S/C15H14Cl2N2O/c16-12-5-11(6-13(17)8-12)9-19-14-3-1-10(2-4-14)7-15(18)20/h1-6,8,19H,7,9H2,(H2,18,20). The van der Waals surface area contributed by atoms with Crippen molar-refractivity contribution >= 4 is 34.8 Å². The average molecular weight is 309 g/mol. The van der Waals surface area contributed by atoms with E-state index in [1.807, 2.05) is 36.4 Å². The monoisotopic (exact) mass is 308 g/mol. The van der Waals surface area contributed by atoms with Crippen LogP contribution in [0.3, 0.4) is 0 Å². The molecule has 0 spiro atoms. The van der Waals surface area contributed by atoms with Gasteiger partial charge in [0.15, 0.2) is 0 Å². The first-order valence-corrected chi connectivity index (χ1v) is 6.84. The van der Waals surface area contributed by atoms with Crippen molar-refractivity contribution in [3.63, 3.8) is 0 Å². The highest BCUT2D eigenvalue weighted by molar-refractivity contribution is 6.34. The summed E-state index contributed by atoms with van der Waals surface area (Å²) in [4.78, 5) is 10.8. The summed E-state index contributed by atoms with van der Waals surface area (Å²) in [6.07, 6.45) is 0.254. The molecule has 3 N–H and O–H groups in total. The van der Waals surface area contributed by atoms with Gasteiger partial charge in [-0.15, -0.1) is 0 Å². The van der Waals surface area contributed by atoms with Crippen molar-refractivity contribution in [2.24, 2.45) is 5.73 Å². The molecule has 0 aliphatic rings. The predicted molar refractivity (Wildman–Crippen MR) is 83.1 cm³/mol. The van der Waals surface area contributed by atoms with Crippen molar-refractivity contribution in [2.45, 2.75) is 13.0 Å². The Bertz CT molecular complexity index is 592. The number of benzene rings is 2. The minimum atomic E-state index is -0.334. The Morgan fingerprint density at radius 2 is 1.60 bits per heavy atom. The lowest BCUT2D eigenvalue weighted by Crippen LogP contribution is -2.13. The number of amides is 1. The molecule has 2 aromatic carbocycles. The van der Waals surface area contributed by atoms with Crippen LogP contribution in [0, 0.1) is 0 Å². The summed E-state index contributed by atoms with van der Waals surface area (Å²) in [5, 5.41) is 4.50. The van der Waals surface area contributed by atoms with Crippen molar-refractivity contribution in [2.75, 3.05) is 5.32 Å². The normalized spacial score (nSPS) is 10.3. The van der Waals surface area contributed by atoms with Crippen LogP contribution in [-0.4, -0.2) is 5.91 Å². The zero-order valence-corrected chi connectivity index (χ0v) is 12.2. The second-order valence-electron chi connectivity index (χ2n) is 4.47. The Labute approximate surface area is 127 Å². The summed E-state index contributed by atoms with van der Waals surface area (Å²) in [5.74, 6) is -0.334. The molecule has 2 rings (SSSR count). The largest absolute Gasteiger partial charge is 0.381 e. The Morgan fingerprint density at radius 1 is 1.00 bits per heavy atom. The van der Waals surface area contributed by atoms with Gasteiger partial charge in [0.2, 0.25) is 5.91 Å². The topological polar surface area (TPSA) is 55.1 Å². The van der Waals surface area contributed by atoms with Gasteiger partial charge in [0, 0.05) is 22.3 Å². The highest BCUT2D eigenvalue weighted by Gasteiger charge is 2.00. The van der Waals surface area contributed by atoms with E-state index in [0.29, 0.717) is 16.6 Å². The lowest BCUT2D eigenvalue weighted by molar-refractivity contribution is -0.117. The molecule has 3 nitrogen and oxygen atoms in total. The van der Waals surface area contributed by atoms with Gasteiger partial charge in [0.1, 0.15) is 0 Å². The van der Waals surface area contributed by atoms with Crippen LogP contribution < -0.4 is 11.1 Å². The van der Waals surface area contributed by atoms with E-state index in [9.17, 15) is 4.79 Å². The number of nitrogens with two attached hydrogens (primary N) is 1. The molecule has 2 aromatic rings. The molecule has 0 aromatic heterocycles. The number of hydrogen-bond donors (Lipinski definition) is 2. The molecule has 0 fully saturated rings. The maximum absolute atomic E-state index is 10.8. The fourth-order valence-corrected chi connectivity index (χ4v) is 2.43. The number of carbonyl (C=O) groups excluding carboxylic acids is 1. The molecule has 5 heteroatoms. The highest BCUT2D eigenvalue weighted by atomic mass is 35.5. The first-order chi connectivity index (χ1) is 9.52. The molecule has 0 aliphatic carbocycles. The first-order valence-electron chi connectivity index (χ1n) is 6.09.